The highest BCUT2D eigenvalue weighted by atomic mass is 32.1. The first kappa shape index (κ1) is 26.0. The van der Waals surface area contributed by atoms with Gasteiger partial charge in [0.25, 0.3) is 5.56 Å². The predicted molar refractivity (Wildman–Crippen MR) is 161 cm³/mol. The van der Waals surface area contributed by atoms with Crippen LogP contribution in [0.4, 0.5) is 14.6 Å². The monoisotopic (exact) mass is 596 g/mol. The molecule has 216 valence electrons. The molecule has 0 unspecified atom stereocenters. The number of fused-ring (bicyclic) bond motifs is 2. The summed E-state index contributed by atoms with van der Waals surface area (Å²) in [6, 6.07) is 12.5. The average Bonchev–Trinajstić information content (AvgIpc) is 3.91. The fourth-order valence-corrected chi connectivity index (χ4v) is 6.81. The maximum Gasteiger partial charge on any atom is 0.264 e. The molecule has 6 aromatic rings. The highest BCUT2D eigenvalue weighted by Crippen LogP contribution is 2.48. The average molecular weight is 597 g/mol. The number of thiazole rings is 1. The van der Waals surface area contributed by atoms with Crippen LogP contribution in [0.1, 0.15) is 43.0 Å². The first-order valence-corrected chi connectivity index (χ1v) is 15.1. The van der Waals surface area contributed by atoms with Crippen LogP contribution in [0.3, 0.4) is 0 Å². The molecule has 0 saturated heterocycles. The molecule has 0 radical (unpaired) electrons. The summed E-state index contributed by atoms with van der Waals surface area (Å²) < 4.78 is 38.9. The smallest absolute Gasteiger partial charge is 0.264 e. The van der Waals surface area contributed by atoms with Crippen LogP contribution in [0.25, 0.3) is 38.2 Å². The normalized spacial score (nSPS) is 15.8. The summed E-state index contributed by atoms with van der Waals surface area (Å²) in [5.74, 6) is -0.347. The summed E-state index contributed by atoms with van der Waals surface area (Å²) in [7, 11) is 0. The summed E-state index contributed by atoms with van der Waals surface area (Å²) in [5, 5.41) is 7.45. The molecule has 0 bridgehead atoms. The molecule has 2 fully saturated rings. The van der Waals surface area contributed by atoms with Crippen molar-refractivity contribution in [3.63, 3.8) is 0 Å². The van der Waals surface area contributed by atoms with Crippen LogP contribution in [0.2, 0.25) is 0 Å². The van der Waals surface area contributed by atoms with E-state index >= 15 is 4.39 Å². The number of nitrogens with two attached hydrogens (primary N) is 1. The lowest BCUT2D eigenvalue weighted by molar-refractivity contribution is 0.287. The van der Waals surface area contributed by atoms with E-state index in [9.17, 15) is 9.18 Å². The fourth-order valence-electron chi connectivity index (χ4n) is 5.89. The second-order valence-corrected chi connectivity index (χ2v) is 12.2. The standard InChI is InChI=1S/C32H26F2N6O2S/c1-16-14-43-25-13-22(26(32(41)39(16)25)18-3-2-4-20(33)11-18)29(17-5-6-17)40-31-27(30(35)36-15-37-31)28(38-40)19-7-10-24(23(34)12-19)42-21-8-9-21/h2-4,7,10-15,17,21,29H,5-6,8-9H2,1H3,(H2,35,36,37)/t29-/m0/s1. The molecule has 8 nitrogen and oxygen atoms in total. The number of pyridine rings is 1. The van der Waals surface area contributed by atoms with Crippen LogP contribution in [-0.4, -0.2) is 30.3 Å². The molecule has 4 heterocycles. The first-order valence-electron chi connectivity index (χ1n) is 14.2. The largest absolute Gasteiger partial charge is 0.487 e. The molecule has 2 N–H and O–H groups in total. The number of halogens is 2. The van der Waals surface area contributed by atoms with Gasteiger partial charge in [0.1, 0.15) is 28.5 Å². The highest BCUT2D eigenvalue weighted by Gasteiger charge is 2.39. The predicted octanol–water partition coefficient (Wildman–Crippen LogP) is 6.54. The molecule has 2 aliphatic carbocycles. The van der Waals surface area contributed by atoms with E-state index < -0.39 is 17.7 Å². The maximum atomic E-state index is 15.2. The summed E-state index contributed by atoms with van der Waals surface area (Å²) in [6.45, 7) is 1.88. The van der Waals surface area contributed by atoms with Crippen LogP contribution in [0.5, 0.6) is 5.75 Å². The number of anilines is 1. The van der Waals surface area contributed by atoms with Crippen LogP contribution in [0, 0.1) is 24.5 Å². The van der Waals surface area contributed by atoms with Crippen molar-refractivity contribution < 1.29 is 13.5 Å². The second kappa shape index (κ2) is 9.70. The van der Waals surface area contributed by atoms with Crippen molar-refractivity contribution in [2.45, 2.75) is 44.8 Å². The molecule has 0 spiro atoms. The minimum atomic E-state index is -0.485. The molecule has 11 heteroatoms. The SMILES string of the molecule is Cc1csc2cc([C@H](C3CC3)n3nc(-c4ccc(OC5CC5)c(F)c4)c4c(N)ncnc43)c(-c3cccc(F)c3)c(=O)n12. The van der Waals surface area contributed by atoms with Gasteiger partial charge in [0, 0.05) is 16.6 Å². The van der Waals surface area contributed by atoms with E-state index in [0.717, 1.165) is 41.8 Å². The number of aryl methyl sites for hydroxylation is 1. The fraction of sp³-hybridized carbons (Fsp3) is 0.250. The zero-order valence-corrected chi connectivity index (χ0v) is 23.9. The number of benzene rings is 2. The quantitative estimate of drug-likeness (QED) is 0.225. The van der Waals surface area contributed by atoms with Crippen molar-refractivity contribution in [1.82, 2.24) is 24.1 Å². The third-order valence-corrected chi connectivity index (χ3v) is 9.21. The van der Waals surface area contributed by atoms with E-state index in [1.165, 1.54) is 35.9 Å². The van der Waals surface area contributed by atoms with Gasteiger partial charge in [-0.25, -0.2) is 23.4 Å². The zero-order valence-electron chi connectivity index (χ0n) is 23.1. The van der Waals surface area contributed by atoms with Crippen molar-refractivity contribution in [3.05, 3.63) is 93.5 Å². The Morgan fingerprint density at radius 2 is 1.88 bits per heavy atom. The second-order valence-electron chi connectivity index (χ2n) is 11.3. The Balaban J connectivity index is 1.37. The molecular formula is C32H26F2N6O2S. The Hall–Kier alpha value is -4.64. The molecule has 2 aromatic carbocycles. The Kier molecular flexibility index (Phi) is 5.87. The number of nitrogens with zero attached hydrogens (tertiary/aromatic N) is 5. The van der Waals surface area contributed by atoms with Gasteiger partial charge >= 0.3 is 0 Å². The van der Waals surface area contributed by atoms with Crippen LogP contribution in [-0.2, 0) is 0 Å². The number of aromatic nitrogens is 5. The molecule has 0 amide bonds. The first-order chi connectivity index (χ1) is 20.9. The maximum absolute atomic E-state index is 15.2. The molecule has 0 aliphatic heterocycles. The van der Waals surface area contributed by atoms with Gasteiger partial charge in [-0.1, -0.05) is 12.1 Å². The van der Waals surface area contributed by atoms with Crippen LogP contribution < -0.4 is 16.0 Å². The Bertz CT molecular complexity index is 2130. The topological polar surface area (TPSA) is 100 Å². The molecular weight excluding hydrogens is 570 g/mol. The molecule has 2 aliphatic rings. The lowest BCUT2D eigenvalue weighted by atomic mass is 9.93. The van der Waals surface area contributed by atoms with E-state index in [4.69, 9.17) is 15.6 Å². The van der Waals surface area contributed by atoms with E-state index in [2.05, 4.69) is 9.97 Å². The molecule has 43 heavy (non-hydrogen) atoms. The number of hydrogen-bond acceptors (Lipinski definition) is 7. The molecule has 2 saturated carbocycles. The third-order valence-electron chi connectivity index (χ3n) is 8.21. The van der Waals surface area contributed by atoms with Gasteiger partial charge in [-0.2, -0.15) is 5.10 Å². The van der Waals surface area contributed by atoms with Crippen LogP contribution >= 0.6 is 11.3 Å². The number of nitrogen functional groups attached to an aromatic ring is 1. The zero-order chi connectivity index (χ0) is 29.4. The van der Waals surface area contributed by atoms with Gasteiger partial charge in [-0.3, -0.25) is 9.20 Å². The van der Waals surface area contributed by atoms with Crippen molar-refractivity contribution in [3.8, 4) is 28.1 Å². The van der Waals surface area contributed by atoms with Gasteiger partial charge in [-0.15, -0.1) is 11.3 Å². The number of rotatable bonds is 7. The van der Waals surface area contributed by atoms with Crippen LogP contribution in [0.15, 0.2) is 65.0 Å². The van der Waals surface area contributed by atoms with Gasteiger partial charge in [0.05, 0.1) is 23.1 Å². The van der Waals surface area contributed by atoms with Gasteiger partial charge in [-0.05, 0) is 86.1 Å². The van der Waals surface area contributed by atoms with Crippen molar-refractivity contribution in [2.24, 2.45) is 5.92 Å². The van der Waals surface area contributed by atoms with Crippen molar-refractivity contribution in [2.75, 3.05) is 5.73 Å². The minimum absolute atomic E-state index is 0.0598. The minimum Gasteiger partial charge on any atom is -0.487 e. The summed E-state index contributed by atoms with van der Waals surface area (Å²) >= 11 is 1.47. The van der Waals surface area contributed by atoms with E-state index in [-0.39, 0.29) is 29.1 Å². The van der Waals surface area contributed by atoms with Crippen molar-refractivity contribution >= 4 is 33.0 Å². The molecule has 4 aromatic heterocycles. The van der Waals surface area contributed by atoms with E-state index in [1.807, 2.05) is 18.4 Å². The number of ether oxygens (including phenoxy) is 1. The molecule has 1 atom stereocenters. The lowest BCUT2D eigenvalue weighted by Crippen LogP contribution is -2.23. The van der Waals surface area contributed by atoms with E-state index in [1.54, 1.807) is 33.3 Å². The van der Waals surface area contributed by atoms with Gasteiger partial charge in [0.15, 0.2) is 17.2 Å². The summed E-state index contributed by atoms with van der Waals surface area (Å²) in [5.41, 5.74) is 10.0. The molecule has 8 rings (SSSR count). The summed E-state index contributed by atoms with van der Waals surface area (Å²) in [4.78, 5) is 23.7. The third kappa shape index (κ3) is 4.37. The van der Waals surface area contributed by atoms with Gasteiger partial charge in [0.2, 0.25) is 0 Å². The Morgan fingerprint density at radius 1 is 1.05 bits per heavy atom. The van der Waals surface area contributed by atoms with Gasteiger partial charge < -0.3 is 10.5 Å². The Labute approximate surface area is 248 Å². The Morgan fingerprint density at radius 3 is 2.63 bits per heavy atom. The van der Waals surface area contributed by atoms with Crippen molar-refractivity contribution in [1.29, 1.82) is 0 Å². The lowest BCUT2D eigenvalue weighted by Gasteiger charge is -2.22. The highest BCUT2D eigenvalue weighted by molar-refractivity contribution is 7.15. The van der Waals surface area contributed by atoms with E-state index in [0.29, 0.717) is 33.4 Å². The summed E-state index contributed by atoms with van der Waals surface area (Å²) in [6.07, 6.45) is 5.11. The number of hydrogen-bond donors (Lipinski definition) is 1.